The van der Waals surface area contributed by atoms with Crippen molar-refractivity contribution in [2.45, 2.75) is 6.92 Å². The van der Waals surface area contributed by atoms with Crippen LogP contribution < -0.4 is 5.32 Å². The largest absolute Gasteiger partial charge is 0.478 e. The van der Waals surface area contributed by atoms with Crippen molar-refractivity contribution in [3.8, 4) is 0 Å². The predicted octanol–water partition coefficient (Wildman–Crippen LogP) is 1.95. The highest BCUT2D eigenvalue weighted by molar-refractivity contribution is 7.22. The van der Waals surface area contributed by atoms with Gasteiger partial charge in [0.25, 0.3) is 0 Å². The van der Waals surface area contributed by atoms with Crippen LogP contribution in [-0.4, -0.2) is 22.0 Å². The average Bonchev–Trinajstić information content (AvgIpc) is 2.56. The Balaban J connectivity index is 2.45. The van der Waals surface area contributed by atoms with Crippen molar-refractivity contribution in [3.63, 3.8) is 0 Å². The van der Waals surface area contributed by atoms with E-state index in [1.54, 1.807) is 12.1 Å². The first-order valence-corrected chi connectivity index (χ1v) is 5.29. The van der Waals surface area contributed by atoms with Crippen LogP contribution in [0.3, 0.4) is 0 Å². The van der Waals surface area contributed by atoms with Gasteiger partial charge in [-0.15, -0.1) is 0 Å². The smallest absolute Gasteiger partial charge is 0.335 e. The third-order valence-corrected chi connectivity index (χ3v) is 2.85. The zero-order chi connectivity index (χ0) is 11.7. The number of hydrogen-bond acceptors (Lipinski definition) is 4. The van der Waals surface area contributed by atoms with Crippen LogP contribution in [0.15, 0.2) is 18.2 Å². The molecule has 1 aromatic heterocycles. The van der Waals surface area contributed by atoms with E-state index in [1.807, 2.05) is 0 Å². The number of amides is 1. The molecule has 1 heterocycles. The maximum atomic E-state index is 10.8. The molecule has 0 saturated carbocycles. The van der Waals surface area contributed by atoms with Crippen molar-refractivity contribution < 1.29 is 14.7 Å². The number of carbonyl (C=O) groups is 2. The lowest BCUT2D eigenvalue weighted by Crippen LogP contribution is -2.04. The van der Waals surface area contributed by atoms with Crippen molar-refractivity contribution in [1.29, 1.82) is 0 Å². The Morgan fingerprint density at radius 2 is 2.19 bits per heavy atom. The Hall–Kier alpha value is -1.95. The Bertz CT molecular complexity index is 576. The molecule has 0 spiro atoms. The highest BCUT2D eigenvalue weighted by atomic mass is 32.1. The van der Waals surface area contributed by atoms with Crippen LogP contribution in [0.2, 0.25) is 0 Å². The van der Waals surface area contributed by atoms with E-state index in [4.69, 9.17) is 5.11 Å². The average molecular weight is 236 g/mol. The molecule has 82 valence electrons. The molecule has 0 aliphatic heterocycles. The second-order valence-corrected chi connectivity index (χ2v) is 4.22. The number of benzene rings is 1. The Labute approximate surface area is 94.7 Å². The lowest BCUT2D eigenvalue weighted by molar-refractivity contribution is -0.114. The summed E-state index contributed by atoms with van der Waals surface area (Å²) < 4.78 is 0.739. The highest BCUT2D eigenvalue weighted by Gasteiger charge is 2.08. The molecule has 0 fully saturated rings. The van der Waals surface area contributed by atoms with E-state index in [0.717, 1.165) is 4.70 Å². The third kappa shape index (κ3) is 2.01. The van der Waals surface area contributed by atoms with Gasteiger partial charge in [-0.25, -0.2) is 9.78 Å². The van der Waals surface area contributed by atoms with Crippen LogP contribution in [0.5, 0.6) is 0 Å². The van der Waals surface area contributed by atoms with Crippen molar-refractivity contribution in [2.75, 3.05) is 5.32 Å². The lowest BCUT2D eigenvalue weighted by Gasteiger charge is -1.91. The second kappa shape index (κ2) is 3.90. The Kier molecular flexibility index (Phi) is 2.57. The number of carboxylic acid groups (broad SMARTS) is 1. The summed E-state index contributed by atoms with van der Waals surface area (Å²) in [5.41, 5.74) is 0.893. The van der Waals surface area contributed by atoms with Gasteiger partial charge >= 0.3 is 5.97 Å². The number of carbonyl (C=O) groups excluding carboxylic acids is 1. The molecule has 6 heteroatoms. The number of carboxylic acids is 1. The molecule has 1 amide bonds. The number of anilines is 1. The van der Waals surface area contributed by atoms with Crippen LogP contribution in [-0.2, 0) is 4.79 Å². The van der Waals surface area contributed by atoms with Gasteiger partial charge in [0.05, 0.1) is 15.8 Å². The summed E-state index contributed by atoms with van der Waals surface area (Å²) in [7, 11) is 0. The summed E-state index contributed by atoms with van der Waals surface area (Å²) in [4.78, 5) is 25.7. The number of thiazole rings is 1. The molecule has 0 saturated heterocycles. The number of rotatable bonds is 2. The fraction of sp³-hybridized carbons (Fsp3) is 0.100. The Morgan fingerprint density at radius 1 is 1.44 bits per heavy atom. The minimum Gasteiger partial charge on any atom is -0.478 e. The van der Waals surface area contributed by atoms with E-state index in [0.29, 0.717) is 10.6 Å². The summed E-state index contributed by atoms with van der Waals surface area (Å²) in [6, 6.07) is 4.66. The molecule has 1 aromatic carbocycles. The SMILES string of the molecule is CC(=O)Nc1nc2ccc(C(=O)O)cc2s1. The summed E-state index contributed by atoms with van der Waals surface area (Å²) >= 11 is 1.25. The van der Waals surface area contributed by atoms with Gasteiger partial charge in [0, 0.05) is 6.92 Å². The highest BCUT2D eigenvalue weighted by Crippen LogP contribution is 2.26. The van der Waals surface area contributed by atoms with Gasteiger partial charge in [0.1, 0.15) is 0 Å². The summed E-state index contributed by atoms with van der Waals surface area (Å²) in [5.74, 6) is -1.17. The molecule has 0 atom stereocenters. The molecule has 0 aliphatic carbocycles. The first-order chi connectivity index (χ1) is 7.56. The van der Waals surface area contributed by atoms with E-state index < -0.39 is 5.97 Å². The van der Waals surface area contributed by atoms with Gasteiger partial charge in [0.2, 0.25) is 5.91 Å². The van der Waals surface area contributed by atoms with Crippen molar-refractivity contribution in [1.82, 2.24) is 4.98 Å². The maximum Gasteiger partial charge on any atom is 0.335 e. The van der Waals surface area contributed by atoms with Gasteiger partial charge in [0.15, 0.2) is 5.13 Å². The molecule has 0 bridgehead atoms. The summed E-state index contributed by atoms with van der Waals surface area (Å²) in [6.45, 7) is 1.40. The molecule has 0 radical (unpaired) electrons. The fourth-order valence-electron chi connectivity index (χ4n) is 1.26. The van der Waals surface area contributed by atoms with Crippen LogP contribution >= 0.6 is 11.3 Å². The van der Waals surface area contributed by atoms with Crippen molar-refractivity contribution in [2.24, 2.45) is 0 Å². The minimum absolute atomic E-state index is 0.197. The van der Waals surface area contributed by atoms with E-state index >= 15 is 0 Å². The number of fused-ring (bicyclic) bond motifs is 1. The lowest BCUT2D eigenvalue weighted by atomic mass is 10.2. The molecule has 5 nitrogen and oxygen atoms in total. The normalized spacial score (nSPS) is 10.3. The monoisotopic (exact) mass is 236 g/mol. The quantitative estimate of drug-likeness (QED) is 0.835. The molecule has 16 heavy (non-hydrogen) atoms. The van der Waals surface area contributed by atoms with Gasteiger partial charge < -0.3 is 10.4 Å². The van der Waals surface area contributed by atoms with E-state index in [1.165, 1.54) is 24.3 Å². The van der Waals surface area contributed by atoms with Gasteiger partial charge in [-0.2, -0.15) is 0 Å². The molecule has 2 rings (SSSR count). The van der Waals surface area contributed by atoms with Crippen LogP contribution in [0.25, 0.3) is 10.2 Å². The van der Waals surface area contributed by atoms with Crippen LogP contribution in [0, 0.1) is 0 Å². The topological polar surface area (TPSA) is 79.3 Å². The number of nitrogens with zero attached hydrogens (tertiary/aromatic N) is 1. The fourth-order valence-corrected chi connectivity index (χ4v) is 2.21. The number of aromatic nitrogens is 1. The molecule has 2 N–H and O–H groups in total. The van der Waals surface area contributed by atoms with E-state index in [2.05, 4.69) is 10.3 Å². The van der Waals surface area contributed by atoms with Crippen LogP contribution in [0.1, 0.15) is 17.3 Å². The number of hydrogen-bond donors (Lipinski definition) is 2. The van der Waals surface area contributed by atoms with Crippen molar-refractivity contribution >= 4 is 38.6 Å². The van der Waals surface area contributed by atoms with Crippen LogP contribution in [0.4, 0.5) is 5.13 Å². The number of aromatic carboxylic acids is 1. The predicted molar refractivity (Wildman–Crippen MR) is 60.9 cm³/mol. The minimum atomic E-state index is -0.976. The molecule has 2 aromatic rings. The molecule has 0 unspecified atom stereocenters. The molecular weight excluding hydrogens is 228 g/mol. The van der Waals surface area contributed by atoms with E-state index in [9.17, 15) is 9.59 Å². The standard InChI is InChI=1S/C10H8N2O3S/c1-5(13)11-10-12-7-3-2-6(9(14)15)4-8(7)16-10/h2-4H,1H3,(H,14,15)(H,11,12,13). The summed E-state index contributed by atoms with van der Waals surface area (Å²) in [5, 5.41) is 11.9. The Morgan fingerprint density at radius 3 is 2.81 bits per heavy atom. The third-order valence-electron chi connectivity index (χ3n) is 1.92. The zero-order valence-electron chi connectivity index (χ0n) is 8.35. The summed E-state index contributed by atoms with van der Waals surface area (Å²) in [6.07, 6.45) is 0. The van der Waals surface area contributed by atoms with Gasteiger partial charge in [-0.1, -0.05) is 11.3 Å². The number of nitrogens with one attached hydrogen (secondary N) is 1. The first-order valence-electron chi connectivity index (χ1n) is 4.48. The van der Waals surface area contributed by atoms with Crippen molar-refractivity contribution in [3.05, 3.63) is 23.8 Å². The van der Waals surface area contributed by atoms with E-state index in [-0.39, 0.29) is 11.5 Å². The van der Waals surface area contributed by atoms with Gasteiger partial charge in [-0.3, -0.25) is 4.79 Å². The van der Waals surface area contributed by atoms with Gasteiger partial charge in [-0.05, 0) is 18.2 Å². The molecular formula is C10H8N2O3S. The first kappa shape index (κ1) is 10.6. The molecule has 0 aliphatic rings. The zero-order valence-corrected chi connectivity index (χ0v) is 9.17. The maximum absolute atomic E-state index is 10.8. The second-order valence-electron chi connectivity index (χ2n) is 3.19.